The van der Waals surface area contributed by atoms with Gasteiger partial charge in [0, 0.05) is 12.1 Å². The summed E-state index contributed by atoms with van der Waals surface area (Å²) in [5.74, 6) is 0. The van der Waals surface area contributed by atoms with Crippen LogP contribution in [-0.4, -0.2) is 5.27 Å². The van der Waals surface area contributed by atoms with Crippen molar-refractivity contribution in [2.75, 3.05) is 0 Å². The van der Waals surface area contributed by atoms with E-state index in [9.17, 15) is 0 Å². The molecule has 60 valence electrons. The van der Waals surface area contributed by atoms with Crippen molar-refractivity contribution in [1.82, 2.24) is 5.27 Å². The molecule has 12 heavy (non-hydrogen) atoms. The SMILES string of the molecule is S=c1c[n+](-c2ccccc2)[nH]o1. The number of nitrogens with one attached hydrogen (secondary N) is 1. The molecule has 0 bridgehead atoms. The molecule has 0 amide bonds. The molecule has 2 aromatic rings. The molecule has 0 aliphatic rings. The molecule has 0 unspecified atom stereocenters. The number of H-pyrrole nitrogens is 1. The zero-order valence-electron chi connectivity index (χ0n) is 6.23. The molecule has 0 spiro atoms. The summed E-state index contributed by atoms with van der Waals surface area (Å²) in [6.07, 6.45) is 1.71. The highest BCUT2D eigenvalue weighted by molar-refractivity contribution is 7.71. The second-order valence-corrected chi connectivity index (χ2v) is 2.75. The largest absolute Gasteiger partial charge is 0.315 e. The molecule has 2 rings (SSSR count). The molecule has 0 saturated heterocycles. The van der Waals surface area contributed by atoms with E-state index in [1.165, 1.54) is 0 Å². The highest BCUT2D eigenvalue weighted by Gasteiger charge is 2.05. The monoisotopic (exact) mass is 179 g/mol. The third-order valence-electron chi connectivity index (χ3n) is 1.51. The molecule has 1 aromatic heterocycles. The fraction of sp³-hybridized carbons (Fsp3) is 0. The van der Waals surface area contributed by atoms with Gasteiger partial charge < -0.3 is 4.52 Å². The lowest BCUT2D eigenvalue weighted by atomic mass is 10.3. The smallest absolute Gasteiger partial charge is 0.291 e. The molecule has 1 heterocycles. The first-order chi connectivity index (χ1) is 5.86. The summed E-state index contributed by atoms with van der Waals surface area (Å²) in [7, 11) is 0. The standard InChI is InChI=1S/C8H6N2OS/c12-8-6-10(9-11-8)7-4-2-1-3-5-7/h1-6H/p+1. The summed E-state index contributed by atoms with van der Waals surface area (Å²) < 4.78 is 7.04. The Morgan fingerprint density at radius 1 is 1.25 bits per heavy atom. The minimum absolute atomic E-state index is 0.443. The number of benzene rings is 1. The molecule has 1 aromatic carbocycles. The van der Waals surface area contributed by atoms with Crippen molar-refractivity contribution in [2.24, 2.45) is 0 Å². The van der Waals surface area contributed by atoms with Crippen LogP contribution in [-0.2, 0) is 0 Å². The molecule has 4 heteroatoms. The van der Waals surface area contributed by atoms with Gasteiger partial charge in [-0.3, -0.25) is 0 Å². The van der Waals surface area contributed by atoms with Gasteiger partial charge >= 0.3 is 0 Å². The van der Waals surface area contributed by atoms with Gasteiger partial charge in [0.2, 0.25) is 5.69 Å². The van der Waals surface area contributed by atoms with Crippen LogP contribution < -0.4 is 4.68 Å². The molecule has 0 atom stereocenters. The number of hydrogen-bond acceptors (Lipinski definition) is 2. The van der Waals surface area contributed by atoms with Gasteiger partial charge in [-0.05, 0) is 22.2 Å². The van der Waals surface area contributed by atoms with E-state index in [0.717, 1.165) is 5.69 Å². The van der Waals surface area contributed by atoms with Crippen molar-refractivity contribution in [3.05, 3.63) is 41.2 Å². The number of nitrogens with zero attached hydrogens (tertiary/aromatic N) is 1. The van der Waals surface area contributed by atoms with Crippen molar-refractivity contribution in [2.45, 2.75) is 0 Å². The van der Waals surface area contributed by atoms with E-state index in [4.69, 9.17) is 16.7 Å². The van der Waals surface area contributed by atoms with Crippen LogP contribution in [0.4, 0.5) is 0 Å². The van der Waals surface area contributed by atoms with E-state index < -0.39 is 0 Å². The summed E-state index contributed by atoms with van der Waals surface area (Å²) >= 11 is 4.81. The van der Waals surface area contributed by atoms with Crippen LogP contribution in [0.2, 0.25) is 0 Å². The summed E-state index contributed by atoms with van der Waals surface area (Å²) in [5, 5.41) is 2.66. The van der Waals surface area contributed by atoms with Gasteiger partial charge in [-0.2, -0.15) is 0 Å². The first-order valence-electron chi connectivity index (χ1n) is 3.52. The van der Waals surface area contributed by atoms with E-state index in [1.54, 1.807) is 10.9 Å². The van der Waals surface area contributed by atoms with Crippen LogP contribution >= 0.6 is 12.2 Å². The highest BCUT2D eigenvalue weighted by Crippen LogP contribution is 1.96. The molecule has 0 radical (unpaired) electrons. The number of rotatable bonds is 1. The van der Waals surface area contributed by atoms with Gasteiger partial charge in [-0.25, -0.2) is 0 Å². The van der Waals surface area contributed by atoms with Crippen LogP contribution in [0.5, 0.6) is 0 Å². The van der Waals surface area contributed by atoms with Gasteiger partial charge in [0.25, 0.3) is 10.9 Å². The van der Waals surface area contributed by atoms with Crippen LogP contribution in [0.3, 0.4) is 0 Å². The molecular weight excluding hydrogens is 172 g/mol. The Balaban J connectivity index is 2.51. The van der Waals surface area contributed by atoms with Gasteiger partial charge in [0.05, 0.1) is 0 Å². The first-order valence-corrected chi connectivity index (χ1v) is 3.93. The fourth-order valence-electron chi connectivity index (χ4n) is 0.968. The van der Waals surface area contributed by atoms with Crippen molar-refractivity contribution < 1.29 is 9.20 Å². The Kier molecular flexibility index (Phi) is 1.75. The van der Waals surface area contributed by atoms with E-state index in [-0.39, 0.29) is 0 Å². The van der Waals surface area contributed by atoms with Gasteiger partial charge in [-0.15, -0.1) is 0 Å². The van der Waals surface area contributed by atoms with Crippen LogP contribution in [0.15, 0.2) is 41.1 Å². The average molecular weight is 179 g/mol. The zero-order chi connectivity index (χ0) is 8.39. The maximum atomic E-state index is 4.87. The van der Waals surface area contributed by atoms with Crippen molar-refractivity contribution >= 4 is 12.2 Å². The van der Waals surface area contributed by atoms with Gasteiger partial charge in [-0.1, -0.05) is 18.2 Å². The van der Waals surface area contributed by atoms with E-state index in [0.29, 0.717) is 4.71 Å². The number of hydrogen-bond donors (Lipinski definition) is 1. The number of para-hydroxylation sites is 1. The minimum Gasteiger partial charge on any atom is -0.315 e. The van der Waals surface area contributed by atoms with E-state index >= 15 is 0 Å². The predicted octanol–water partition coefficient (Wildman–Crippen LogP) is 1.61. The Labute approximate surface area is 74.2 Å². The number of aromatic nitrogens is 2. The number of aromatic amines is 1. The van der Waals surface area contributed by atoms with Gasteiger partial charge in [0.1, 0.15) is 0 Å². The zero-order valence-corrected chi connectivity index (χ0v) is 7.04. The summed E-state index contributed by atoms with van der Waals surface area (Å²) in [4.78, 5) is 0. The fourth-order valence-corrected chi connectivity index (χ4v) is 1.11. The maximum absolute atomic E-state index is 4.87. The van der Waals surface area contributed by atoms with Crippen molar-refractivity contribution in [1.29, 1.82) is 0 Å². The Hall–Kier alpha value is -1.42. The second-order valence-electron chi connectivity index (χ2n) is 2.35. The summed E-state index contributed by atoms with van der Waals surface area (Å²) in [6, 6.07) is 9.78. The lowest BCUT2D eigenvalue weighted by molar-refractivity contribution is -0.670. The summed E-state index contributed by atoms with van der Waals surface area (Å²) in [5.41, 5.74) is 0.998. The van der Waals surface area contributed by atoms with E-state index in [2.05, 4.69) is 5.27 Å². The lowest BCUT2D eigenvalue weighted by Crippen LogP contribution is -2.30. The van der Waals surface area contributed by atoms with Crippen LogP contribution in [0.1, 0.15) is 0 Å². The second kappa shape index (κ2) is 2.91. The predicted molar refractivity (Wildman–Crippen MR) is 45.4 cm³/mol. The van der Waals surface area contributed by atoms with Crippen molar-refractivity contribution in [3.63, 3.8) is 0 Å². The van der Waals surface area contributed by atoms with Crippen LogP contribution in [0, 0.1) is 4.71 Å². The van der Waals surface area contributed by atoms with Crippen molar-refractivity contribution in [3.8, 4) is 5.69 Å². The molecule has 0 fully saturated rings. The third-order valence-corrected chi connectivity index (χ3v) is 1.70. The lowest BCUT2D eigenvalue weighted by Gasteiger charge is -1.85. The summed E-state index contributed by atoms with van der Waals surface area (Å²) in [6.45, 7) is 0. The Bertz CT molecular complexity index is 418. The molecule has 3 nitrogen and oxygen atoms in total. The maximum Gasteiger partial charge on any atom is 0.291 e. The third kappa shape index (κ3) is 1.29. The molecule has 0 saturated carbocycles. The molecular formula is C8H7N2OS+. The Morgan fingerprint density at radius 2 is 2.00 bits per heavy atom. The highest BCUT2D eigenvalue weighted by atomic mass is 32.1. The molecule has 1 N–H and O–H groups in total. The van der Waals surface area contributed by atoms with E-state index in [1.807, 2.05) is 30.3 Å². The normalized spacial score (nSPS) is 10.0. The quantitative estimate of drug-likeness (QED) is 0.533. The first kappa shape index (κ1) is 7.24. The average Bonchev–Trinajstić information content (AvgIpc) is 2.54. The topological polar surface area (TPSA) is 32.8 Å². The molecule has 0 aliphatic heterocycles. The van der Waals surface area contributed by atoms with Crippen LogP contribution in [0.25, 0.3) is 5.69 Å². The molecule has 0 aliphatic carbocycles. The Morgan fingerprint density at radius 3 is 2.58 bits per heavy atom. The minimum atomic E-state index is 0.443. The van der Waals surface area contributed by atoms with Gasteiger partial charge in [0.15, 0.2) is 0 Å².